The van der Waals surface area contributed by atoms with Gasteiger partial charge in [0.15, 0.2) is 0 Å². The van der Waals surface area contributed by atoms with Gasteiger partial charge in [-0.25, -0.2) is 4.98 Å². The van der Waals surface area contributed by atoms with E-state index in [9.17, 15) is 18.4 Å². The number of methoxy groups -OCH3 is 1. The van der Waals surface area contributed by atoms with Gasteiger partial charge in [-0.1, -0.05) is 29.8 Å². The minimum atomic E-state index is -4.58. The number of pyridine rings is 1. The van der Waals surface area contributed by atoms with E-state index in [0.29, 0.717) is 33.7 Å². The topological polar surface area (TPSA) is 71.9 Å². The molecule has 2 N–H and O–H groups in total. The number of nitrogens with zero attached hydrogens (tertiary/aromatic N) is 2. The number of halogens is 4. The molecule has 1 aromatic heterocycles. The van der Waals surface area contributed by atoms with E-state index in [-0.39, 0.29) is 11.4 Å². The molecule has 0 spiro atoms. The van der Waals surface area contributed by atoms with Crippen LogP contribution in [-0.2, 0) is 6.18 Å². The highest BCUT2D eigenvalue weighted by atomic mass is 35.5. The van der Waals surface area contributed by atoms with E-state index in [0.717, 1.165) is 6.07 Å². The van der Waals surface area contributed by atoms with Crippen molar-refractivity contribution >= 4 is 17.4 Å². The fourth-order valence-electron chi connectivity index (χ4n) is 3.12. The largest absolute Gasteiger partial charge is 0.497 e. The zero-order valence-electron chi connectivity index (χ0n) is 15.4. The normalized spacial score (nSPS) is 11.2. The third-order valence-corrected chi connectivity index (χ3v) is 4.80. The predicted molar refractivity (Wildman–Crippen MR) is 106 cm³/mol. The number of anilines is 1. The number of hydrogen-bond acceptors (Lipinski definition) is 4. The third kappa shape index (κ3) is 3.84. The highest BCUT2D eigenvalue weighted by Gasteiger charge is 2.33. The Morgan fingerprint density at radius 1 is 1.14 bits per heavy atom. The second-order valence-corrected chi connectivity index (χ2v) is 6.66. The van der Waals surface area contributed by atoms with Gasteiger partial charge >= 0.3 is 6.18 Å². The summed E-state index contributed by atoms with van der Waals surface area (Å²) in [5.74, 6) is 0.577. The monoisotopic (exact) mass is 417 g/mol. The summed E-state index contributed by atoms with van der Waals surface area (Å²) in [6.45, 7) is 1.73. The molecule has 0 saturated heterocycles. The quantitative estimate of drug-likeness (QED) is 0.579. The molecule has 8 heteroatoms. The van der Waals surface area contributed by atoms with E-state index in [4.69, 9.17) is 22.1 Å². The molecule has 3 rings (SSSR count). The molecule has 0 aliphatic rings. The smallest absolute Gasteiger partial charge is 0.417 e. The van der Waals surface area contributed by atoms with Crippen LogP contribution in [0.3, 0.4) is 0 Å². The molecule has 1 heterocycles. The molecule has 0 aliphatic heterocycles. The fourth-order valence-corrected chi connectivity index (χ4v) is 3.41. The van der Waals surface area contributed by atoms with Gasteiger partial charge in [-0.2, -0.15) is 18.4 Å². The number of hydrogen-bond donors (Lipinski definition) is 1. The van der Waals surface area contributed by atoms with Crippen LogP contribution in [0.1, 0.15) is 16.7 Å². The van der Waals surface area contributed by atoms with Gasteiger partial charge in [0.25, 0.3) is 0 Å². The Balaban J connectivity index is 2.28. The second kappa shape index (κ2) is 7.64. The first kappa shape index (κ1) is 20.5. The van der Waals surface area contributed by atoms with Crippen LogP contribution in [0.5, 0.6) is 5.75 Å². The van der Waals surface area contributed by atoms with E-state index in [2.05, 4.69) is 4.98 Å². The average Bonchev–Trinajstić information content (AvgIpc) is 2.68. The molecule has 4 nitrogen and oxygen atoms in total. The molecule has 2 aromatic carbocycles. The summed E-state index contributed by atoms with van der Waals surface area (Å²) in [5.41, 5.74) is 7.62. The van der Waals surface area contributed by atoms with E-state index >= 15 is 0 Å². The lowest BCUT2D eigenvalue weighted by Gasteiger charge is -2.17. The van der Waals surface area contributed by atoms with Crippen molar-refractivity contribution in [1.29, 1.82) is 5.26 Å². The number of alkyl halides is 3. The standard InChI is InChI=1S/C21H15ClF3N3O/c1-11-18(12-6-7-16(17(22)9-12)21(23,24)25)15(10-26)20(27)28-19(11)13-4-3-5-14(8-13)29-2/h3-9H,1-2H3,(H2,27,28). The molecule has 0 fully saturated rings. The van der Waals surface area contributed by atoms with Crippen LogP contribution in [0, 0.1) is 18.3 Å². The van der Waals surface area contributed by atoms with E-state index < -0.39 is 16.8 Å². The number of ether oxygens (including phenoxy) is 1. The summed E-state index contributed by atoms with van der Waals surface area (Å²) in [6, 6.07) is 12.4. The summed E-state index contributed by atoms with van der Waals surface area (Å²) < 4.78 is 44.4. The minimum absolute atomic E-state index is 0.0260. The van der Waals surface area contributed by atoms with Crippen molar-refractivity contribution in [2.24, 2.45) is 0 Å². The van der Waals surface area contributed by atoms with E-state index in [1.807, 2.05) is 6.07 Å². The van der Waals surface area contributed by atoms with Crippen molar-refractivity contribution in [3.63, 3.8) is 0 Å². The summed E-state index contributed by atoms with van der Waals surface area (Å²) in [4.78, 5) is 4.34. The SMILES string of the molecule is COc1cccc(-c2nc(N)c(C#N)c(-c3ccc(C(F)(F)F)c(Cl)c3)c2C)c1. The molecular weight excluding hydrogens is 403 g/mol. The molecular formula is C21H15ClF3N3O. The van der Waals surface area contributed by atoms with E-state index in [1.165, 1.54) is 19.2 Å². The molecule has 3 aromatic rings. The molecule has 148 valence electrons. The Kier molecular flexibility index (Phi) is 5.40. The molecule has 0 aliphatic carbocycles. The minimum Gasteiger partial charge on any atom is -0.497 e. The Morgan fingerprint density at radius 3 is 2.45 bits per heavy atom. The molecule has 0 saturated carbocycles. The van der Waals surface area contributed by atoms with Gasteiger partial charge in [-0.05, 0) is 42.3 Å². The highest BCUT2D eigenvalue weighted by Crippen LogP contribution is 2.40. The number of nitrogen functional groups attached to an aromatic ring is 1. The summed E-state index contributed by atoms with van der Waals surface area (Å²) in [6.07, 6.45) is -4.58. The molecule has 29 heavy (non-hydrogen) atoms. The molecule has 0 atom stereocenters. The Hall–Kier alpha value is -3.24. The maximum atomic E-state index is 13.0. The zero-order chi connectivity index (χ0) is 21.3. The predicted octanol–water partition coefficient (Wildman–Crippen LogP) is 5.86. The van der Waals surface area contributed by atoms with Crippen molar-refractivity contribution in [3.8, 4) is 34.2 Å². The van der Waals surface area contributed by atoms with Crippen LogP contribution in [-0.4, -0.2) is 12.1 Å². The maximum Gasteiger partial charge on any atom is 0.417 e. The fraction of sp³-hybridized carbons (Fsp3) is 0.143. The number of nitriles is 1. The lowest BCUT2D eigenvalue weighted by atomic mass is 9.92. The van der Waals surface area contributed by atoms with Crippen molar-refractivity contribution in [1.82, 2.24) is 4.98 Å². The van der Waals surface area contributed by atoms with Crippen LogP contribution < -0.4 is 10.5 Å². The number of aromatic nitrogens is 1. The molecule has 0 unspecified atom stereocenters. The van der Waals surface area contributed by atoms with Gasteiger partial charge in [0, 0.05) is 11.1 Å². The summed E-state index contributed by atoms with van der Waals surface area (Å²) in [5, 5.41) is 9.12. The van der Waals surface area contributed by atoms with Gasteiger partial charge in [-0.3, -0.25) is 0 Å². The summed E-state index contributed by atoms with van der Waals surface area (Å²) in [7, 11) is 1.53. The Morgan fingerprint density at radius 2 is 1.86 bits per heavy atom. The van der Waals surface area contributed by atoms with Crippen molar-refractivity contribution in [2.45, 2.75) is 13.1 Å². The third-order valence-electron chi connectivity index (χ3n) is 4.49. The lowest BCUT2D eigenvalue weighted by Crippen LogP contribution is -2.06. The van der Waals surface area contributed by atoms with Gasteiger partial charge in [0.2, 0.25) is 0 Å². The number of nitrogens with two attached hydrogens (primary N) is 1. The lowest BCUT2D eigenvalue weighted by molar-refractivity contribution is -0.137. The van der Waals surface area contributed by atoms with Crippen LogP contribution in [0.25, 0.3) is 22.4 Å². The van der Waals surface area contributed by atoms with Crippen molar-refractivity contribution in [2.75, 3.05) is 12.8 Å². The highest BCUT2D eigenvalue weighted by molar-refractivity contribution is 6.31. The van der Waals surface area contributed by atoms with Crippen molar-refractivity contribution < 1.29 is 17.9 Å². The Labute approximate surface area is 170 Å². The maximum absolute atomic E-state index is 13.0. The van der Waals surface area contributed by atoms with Gasteiger partial charge in [0.1, 0.15) is 23.2 Å². The first-order chi connectivity index (χ1) is 13.7. The Bertz CT molecular complexity index is 1140. The second-order valence-electron chi connectivity index (χ2n) is 6.26. The number of benzene rings is 2. The van der Waals surface area contributed by atoms with Crippen LogP contribution in [0.15, 0.2) is 42.5 Å². The molecule has 0 radical (unpaired) electrons. The molecule has 0 amide bonds. The summed E-state index contributed by atoms with van der Waals surface area (Å²) >= 11 is 5.88. The first-order valence-electron chi connectivity index (χ1n) is 8.39. The van der Waals surface area contributed by atoms with Crippen LogP contribution in [0.4, 0.5) is 19.0 Å². The first-order valence-corrected chi connectivity index (χ1v) is 8.77. The van der Waals surface area contributed by atoms with Crippen LogP contribution in [0.2, 0.25) is 5.02 Å². The van der Waals surface area contributed by atoms with Gasteiger partial charge in [-0.15, -0.1) is 0 Å². The average molecular weight is 418 g/mol. The van der Waals surface area contributed by atoms with Gasteiger partial charge < -0.3 is 10.5 Å². The zero-order valence-corrected chi connectivity index (χ0v) is 16.2. The van der Waals surface area contributed by atoms with Crippen molar-refractivity contribution in [3.05, 3.63) is 64.2 Å². The van der Waals surface area contributed by atoms with Gasteiger partial charge in [0.05, 0.1) is 23.4 Å². The van der Waals surface area contributed by atoms with Crippen LogP contribution >= 0.6 is 11.6 Å². The van der Waals surface area contributed by atoms with E-state index in [1.54, 1.807) is 31.2 Å². The molecule has 0 bridgehead atoms. The number of rotatable bonds is 3.